The van der Waals surface area contributed by atoms with Crippen molar-refractivity contribution in [2.24, 2.45) is 0 Å². The van der Waals surface area contributed by atoms with Crippen LogP contribution in [0.5, 0.6) is 0 Å². The standard InChI is InChI=1S/C35H25N2OP/c38-39(27-12-3-1-4-13-27,28-14-5-2-6-15-28)29-24-22-26(23-25-29)32-18-11-21-35(36-32)37-33-19-9-7-16-30(33)31-17-8-10-20-34(31)37/h1-25H. The molecule has 7 aromatic rings. The molecule has 39 heavy (non-hydrogen) atoms. The second kappa shape index (κ2) is 9.54. The van der Waals surface area contributed by atoms with Crippen LogP contribution < -0.4 is 15.9 Å². The molecule has 186 valence electrons. The Bertz CT molecular complexity index is 1880. The van der Waals surface area contributed by atoms with Gasteiger partial charge in [-0.2, -0.15) is 0 Å². The molecule has 3 nitrogen and oxygen atoms in total. The van der Waals surface area contributed by atoms with Crippen LogP contribution in [0.4, 0.5) is 0 Å². The average molecular weight is 521 g/mol. The second-order valence-corrected chi connectivity index (χ2v) is 12.3. The molecule has 5 aromatic carbocycles. The Morgan fingerprint density at radius 3 is 1.51 bits per heavy atom. The summed E-state index contributed by atoms with van der Waals surface area (Å²) in [6.45, 7) is 0. The van der Waals surface area contributed by atoms with E-state index < -0.39 is 7.14 Å². The molecule has 0 aliphatic carbocycles. The summed E-state index contributed by atoms with van der Waals surface area (Å²) in [7, 11) is -3.02. The molecule has 0 saturated carbocycles. The first-order chi connectivity index (χ1) is 19.2. The van der Waals surface area contributed by atoms with E-state index in [9.17, 15) is 4.57 Å². The molecule has 0 fully saturated rings. The highest BCUT2D eigenvalue weighted by atomic mass is 31.2. The SMILES string of the molecule is O=P(c1ccccc1)(c1ccccc1)c1ccc(-c2cccc(-n3c4ccccc4c4ccccc43)n2)cc1. The van der Waals surface area contributed by atoms with Gasteiger partial charge in [-0.3, -0.25) is 4.57 Å². The zero-order chi connectivity index (χ0) is 26.2. The van der Waals surface area contributed by atoms with E-state index in [4.69, 9.17) is 4.98 Å². The van der Waals surface area contributed by atoms with E-state index in [0.717, 1.165) is 44.0 Å². The topological polar surface area (TPSA) is 34.9 Å². The summed E-state index contributed by atoms with van der Waals surface area (Å²) in [5.74, 6) is 0.869. The number of pyridine rings is 1. The average Bonchev–Trinajstić information content (AvgIpc) is 3.36. The summed E-state index contributed by atoms with van der Waals surface area (Å²) >= 11 is 0. The predicted molar refractivity (Wildman–Crippen MR) is 163 cm³/mol. The molecule has 0 unspecified atom stereocenters. The minimum atomic E-state index is -3.02. The van der Waals surface area contributed by atoms with Gasteiger partial charge in [-0.05, 0) is 24.3 Å². The highest BCUT2D eigenvalue weighted by molar-refractivity contribution is 7.85. The lowest BCUT2D eigenvalue weighted by molar-refractivity contribution is 0.592. The van der Waals surface area contributed by atoms with Crippen molar-refractivity contribution >= 4 is 44.9 Å². The van der Waals surface area contributed by atoms with Crippen LogP contribution in [0.2, 0.25) is 0 Å². The Morgan fingerprint density at radius 1 is 0.462 bits per heavy atom. The third-order valence-electron chi connectivity index (χ3n) is 7.31. The number of hydrogen-bond donors (Lipinski definition) is 0. The van der Waals surface area contributed by atoms with Crippen molar-refractivity contribution < 1.29 is 4.57 Å². The zero-order valence-corrected chi connectivity index (χ0v) is 22.1. The highest BCUT2D eigenvalue weighted by Gasteiger charge is 2.29. The van der Waals surface area contributed by atoms with Crippen molar-refractivity contribution in [1.29, 1.82) is 0 Å². The van der Waals surface area contributed by atoms with E-state index >= 15 is 0 Å². The first kappa shape index (κ1) is 23.4. The fourth-order valence-electron chi connectivity index (χ4n) is 5.44. The Morgan fingerprint density at radius 2 is 0.949 bits per heavy atom. The number of nitrogens with zero attached hydrogens (tertiary/aromatic N) is 2. The summed E-state index contributed by atoms with van der Waals surface area (Å²) in [6.07, 6.45) is 0. The molecule has 0 spiro atoms. The molecule has 7 rings (SSSR count). The molecule has 2 aromatic heterocycles. The van der Waals surface area contributed by atoms with Crippen LogP contribution >= 0.6 is 7.14 Å². The maximum absolute atomic E-state index is 14.7. The minimum Gasteiger partial charge on any atom is -0.309 e. The van der Waals surface area contributed by atoms with Gasteiger partial charge < -0.3 is 4.57 Å². The van der Waals surface area contributed by atoms with E-state index in [2.05, 4.69) is 59.2 Å². The summed E-state index contributed by atoms with van der Waals surface area (Å²) < 4.78 is 16.9. The van der Waals surface area contributed by atoms with Crippen LogP contribution in [0.1, 0.15) is 0 Å². The molecule has 0 radical (unpaired) electrons. The number of rotatable bonds is 5. The Kier molecular flexibility index (Phi) is 5.73. The summed E-state index contributed by atoms with van der Waals surface area (Å²) in [5, 5.41) is 4.89. The van der Waals surface area contributed by atoms with Crippen LogP contribution in [-0.4, -0.2) is 9.55 Å². The van der Waals surface area contributed by atoms with Crippen LogP contribution in [0, 0.1) is 0 Å². The third-order valence-corrected chi connectivity index (χ3v) is 10.4. The molecular formula is C35H25N2OP. The quantitative estimate of drug-likeness (QED) is 0.221. The van der Waals surface area contributed by atoms with Gasteiger partial charge in [0.1, 0.15) is 5.82 Å². The van der Waals surface area contributed by atoms with Gasteiger partial charge >= 0.3 is 0 Å². The van der Waals surface area contributed by atoms with Crippen LogP contribution in [0.3, 0.4) is 0 Å². The van der Waals surface area contributed by atoms with Gasteiger partial charge in [-0.25, -0.2) is 4.98 Å². The zero-order valence-electron chi connectivity index (χ0n) is 21.2. The number of aromatic nitrogens is 2. The van der Waals surface area contributed by atoms with Gasteiger partial charge in [0.05, 0.1) is 16.7 Å². The number of para-hydroxylation sites is 2. The van der Waals surface area contributed by atoms with E-state index in [1.165, 1.54) is 10.8 Å². The van der Waals surface area contributed by atoms with Gasteiger partial charge in [0.25, 0.3) is 0 Å². The maximum atomic E-state index is 14.7. The van der Waals surface area contributed by atoms with Gasteiger partial charge in [0.15, 0.2) is 7.14 Å². The van der Waals surface area contributed by atoms with Crippen molar-refractivity contribution in [3.63, 3.8) is 0 Å². The van der Waals surface area contributed by atoms with Gasteiger partial charge in [0, 0.05) is 32.2 Å². The van der Waals surface area contributed by atoms with Crippen molar-refractivity contribution in [1.82, 2.24) is 9.55 Å². The van der Waals surface area contributed by atoms with Gasteiger partial charge in [-0.1, -0.05) is 127 Å². The van der Waals surface area contributed by atoms with Crippen LogP contribution in [0.15, 0.2) is 152 Å². The molecule has 0 aliphatic heterocycles. The predicted octanol–water partition coefficient (Wildman–Crippen LogP) is 7.49. The van der Waals surface area contributed by atoms with Gasteiger partial charge in [0.2, 0.25) is 0 Å². The molecule has 4 heteroatoms. The van der Waals surface area contributed by atoms with Crippen molar-refractivity contribution in [2.45, 2.75) is 0 Å². The largest absolute Gasteiger partial charge is 0.309 e. The number of hydrogen-bond acceptors (Lipinski definition) is 2. The molecular weight excluding hydrogens is 495 g/mol. The van der Waals surface area contributed by atoms with Crippen molar-refractivity contribution in [3.8, 4) is 17.1 Å². The van der Waals surface area contributed by atoms with E-state index in [1.54, 1.807) is 0 Å². The van der Waals surface area contributed by atoms with Crippen molar-refractivity contribution in [3.05, 3.63) is 152 Å². The second-order valence-electron chi connectivity index (χ2n) is 9.58. The normalized spacial score (nSPS) is 11.7. The van der Waals surface area contributed by atoms with E-state index in [-0.39, 0.29) is 0 Å². The summed E-state index contributed by atoms with van der Waals surface area (Å²) in [6, 6.07) is 50.6. The van der Waals surface area contributed by atoms with E-state index in [0.29, 0.717) is 0 Å². The van der Waals surface area contributed by atoms with E-state index in [1.807, 2.05) is 97.1 Å². The molecule has 0 N–H and O–H groups in total. The molecule has 0 amide bonds. The summed E-state index contributed by atoms with van der Waals surface area (Å²) in [4.78, 5) is 5.09. The molecule has 0 aliphatic rings. The number of fused-ring (bicyclic) bond motifs is 3. The Hall–Kier alpha value is -4.72. The highest BCUT2D eigenvalue weighted by Crippen LogP contribution is 2.42. The lowest BCUT2D eigenvalue weighted by Gasteiger charge is -2.20. The Labute approximate surface area is 227 Å². The van der Waals surface area contributed by atoms with Crippen molar-refractivity contribution in [2.75, 3.05) is 0 Å². The summed E-state index contributed by atoms with van der Waals surface area (Å²) in [5.41, 5.74) is 4.11. The molecule has 0 saturated heterocycles. The maximum Gasteiger partial charge on any atom is 0.171 e. The smallest absolute Gasteiger partial charge is 0.171 e. The molecule has 0 atom stereocenters. The van der Waals surface area contributed by atoms with Crippen LogP contribution in [0.25, 0.3) is 38.9 Å². The van der Waals surface area contributed by atoms with Crippen LogP contribution in [-0.2, 0) is 4.57 Å². The van der Waals surface area contributed by atoms with Gasteiger partial charge in [-0.15, -0.1) is 0 Å². The first-order valence-corrected chi connectivity index (χ1v) is 14.7. The Balaban J connectivity index is 1.33. The fourth-order valence-corrected chi connectivity index (χ4v) is 8.09. The monoisotopic (exact) mass is 520 g/mol. The number of benzene rings is 5. The lowest BCUT2D eigenvalue weighted by Crippen LogP contribution is -2.24. The molecule has 2 heterocycles. The molecule has 0 bridgehead atoms. The fraction of sp³-hybridized carbons (Fsp3) is 0. The first-order valence-electron chi connectivity index (χ1n) is 13.0. The lowest BCUT2D eigenvalue weighted by atomic mass is 10.1. The third kappa shape index (κ3) is 3.91. The minimum absolute atomic E-state index is 0.808.